The Morgan fingerprint density at radius 2 is 1.02 bits per heavy atom. The fourth-order valence-corrected chi connectivity index (χ4v) is 6.11. The Kier molecular flexibility index (Phi) is 39.2. The van der Waals surface area contributed by atoms with Crippen molar-refractivity contribution in [2.24, 2.45) is 5.73 Å². The number of ether oxygens (including phenoxy) is 2. The van der Waals surface area contributed by atoms with Gasteiger partial charge in [-0.15, -0.1) is 0 Å². The average Bonchev–Trinajstić information content (AvgIpc) is 3.19. The van der Waals surface area contributed by atoms with Gasteiger partial charge in [0.25, 0.3) is 0 Å². The number of carboxylic acid groups (broad SMARTS) is 1. The lowest BCUT2D eigenvalue weighted by atomic mass is 10.1. The molecular formula is C46H78NO9P. The van der Waals surface area contributed by atoms with Gasteiger partial charge in [-0.05, 0) is 77.0 Å². The van der Waals surface area contributed by atoms with E-state index in [1.54, 1.807) is 0 Å². The van der Waals surface area contributed by atoms with Crippen molar-refractivity contribution in [2.75, 3.05) is 26.4 Å². The second-order valence-electron chi connectivity index (χ2n) is 14.1. The zero-order valence-electron chi connectivity index (χ0n) is 35.4. The number of allylic oxidation sites excluding steroid dienone is 14. The van der Waals surface area contributed by atoms with Crippen LogP contribution in [-0.4, -0.2) is 60.5 Å². The maximum atomic E-state index is 12.6. The predicted molar refractivity (Wildman–Crippen MR) is 235 cm³/mol. The lowest BCUT2D eigenvalue weighted by Gasteiger charge is -2.20. The molecule has 0 aromatic rings. The minimum atomic E-state index is -4.64. The van der Waals surface area contributed by atoms with Crippen molar-refractivity contribution in [1.29, 1.82) is 0 Å². The lowest BCUT2D eigenvalue weighted by molar-refractivity contribution is -0.154. The second-order valence-corrected chi connectivity index (χ2v) is 15.5. The van der Waals surface area contributed by atoms with E-state index in [1.165, 1.54) is 64.2 Å². The van der Waals surface area contributed by atoms with E-state index in [2.05, 4.69) is 86.8 Å². The van der Waals surface area contributed by atoms with Crippen molar-refractivity contribution in [2.45, 2.75) is 167 Å². The zero-order valence-corrected chi connectivity index (χ0v) is 36.3. The number of phosphoric ester groups is 1. The van der Waals surface area contributed by atoms with E-state index in [9.17, 15) is 19.0 Å². The largest absolute Gasteiger partial charge is 0.480 e. The van der Waals surface area contributed by atoms with Gasteiger partial charge in [0.05, 0.1) is 19.8 Å². The van der Waals surface area contributed by atoms with Gasteiger partial charge in [0.2, 0.25) is 0 Å². The van der Waals surface area contributed by atoms with E-state index < -0.39 is 45.1 Å². The smallest absolute Gasteiger partial charge is 0.472 e. The highest BCUT2D eigenvalue weighted by Gasteiger charge is 2.27. The SMILES string of the molecule is CC/C=C\C/C=C\C/C=C\C/C=C\C/C=C\C/C=C\CCC(=O)OC(COCCCCCCCC/C=C\CCCCCCCC)COP(=O)(O)OCC(N)C(=O)O. The number of carbonyl (C=O) groups excluding carboxylic acids is 1. The first-order valence-corrected chi connectivity index (χ1v) is 23.1. The van der Waals surface area contributed by atoms with Gasteiger partial charge in [0, 0.05) is 13.0 Å². The molecule has 0 fully saturated rings. The van der Waals surface area contributed by atoms with E-state index in [-0.39, 0.29) is 13.0 Å². The molecule has 0 saturated carbocycles. The normalized spacial score (nSPS) is 14.7. The van der Waals surface area contributed by atoms with E-state index in [4.69, 9.17) is 29.4 Å². The van der Waals surface area contributed by atoms with Gasteiger partial charge in [0.15, 0.2) is 0 Å². The van der Waals surface area contributed by atoms with Gasteiger partial charge in [-0.1, -0.05) is 157 Å². The Hall–Kier alpha value is -2.85. The summed E-state index contributed by atoms with van der Waals surface area (Å²) in [4.78, 5) is 33.5. The van der Waals surface area contributed by atoms with Crippen molar-refractivity contribution >= 4 is 19.8 Å². The van der Waals surface area contributed by atoms with Crippen LogP contribution >= 0.6 is 7.82 Å². The molecule has 0 radical (unpaired) electrons. The molecule has 0 aliphatic rings. The highest BCUT2D eigenvalue weighted by Crippen LogP contribution is 2.43. The summed E-state index contributed by atoms with van der Waals surface area (Å²) in [5, 5.41) is 8.89. The molecule has 0 aliphatic carbocycles. The fourth-order valence-electron chi connectivity index (χ4n) is 5.33. The number of unbranched alkanes of at least 4 members (excludes halogenated alkanes) is 12. The molecule has 11 heteroatoms. The molecule has 0 aromatic carbocycles. The number of hydrogen-bond donors (Lipinski definition) is 3. The third kappa shape index (κ3) is 41.1. The first-order valence-electron chi connectivity index (χ1n) is 21.6. The average molecular weight is 820 g/mol. The third-order valence-electron chi connectivity index (χ3n) is 8.67. The van der Waals surface area contributed by atoms with Gasteiger partial charge >= 0.3 is 19.8 Å². The summed E-state index contributed by atoms with van der Waals surface area (Å²) in [5.41, 5.74) is 5.35. The lowest BCUT2D eigenvalue weighted by Crippen LogP contribution is -2.34. The minimum absolute atomic E-state index is 0.0225. The number of esters is 1. The summed E-state index contributed by atoms with van der Waals surface area (Å²) in [5.74, 6) is -1.88. The Balaban J connectivity index is 4.41. The first-order chi connectivity index (χ1) is 27.7. The molecule has 0 aromatic heterocycles. The van der Waals surface area contributed by atoms with Crippen LogP contribution in [0.15, 0.2) is 85.1 Å². The van der Waals surface area contributed by atoms with Crippen molar-refractivity contribution < 1.29 is 42.7 Å². The van der Waals surface area contributed by atoms with Crippen LogP contribution in [0.4, 0.5) is 0 Å². The molecule has 0 spiro atoms. The van der Waals surface area contributed by atoms with Crippen LogP contribution in [-0.2, 0) is 32.7 Å². The minimum Gasteiger partial charge on any atom is -0.480 e. The van der Waals surface area contributed by atoms with E-state index in [1.807, 2.05) is 12.2 Å². The van der Waals surface area contributed by atoms with Crippen molar-refractivity contribution in [3.8, 4) is 0 Å². The number of nitrogens with two attached hydrogens (primary N) is 1. The number of hydrogen-bond acceptors (Lipinski definition) is 8. The van der Waals surface area contributed by atoms with Crippen LogP contribution in [0.5, 0.6) is 0 Å². The number of phosphoric acid groups is 1. The Morgan fingerprint density at radius 1 is 0.579 bits per heavy atom. The topological polar surface area (TPSA) is 155 Å². The number of aliphatic carboxylic acids is 1. The van der Waals surface area contributed by atoms with Gasteiger partial charge in [-0.3, -0.25) is 18.6 Å². The van der Waals surface area contributed by atoms with Crippen molar-refractivity contribution in [3.05, 3.63) is 85.1 Å². The Labute approximate surface area is 346 Å². The van der Waals surface area contributed by atoms with Crippen LogP contribution in [0, 0.1) is 0 Å². The van der Waals surface area contributed by atoms with Crippen LogP contribution in [0.25, 0.3) is 0 Å². The highest BCUT2D eigenvalue weighted by atomic mass is 31.2. The summed E-state index contributed by atoms with van der Waals surface area (Å²) in [6.07, 6.45) is 52.2. The second kappa shape index (κ2) is 41.3. The molecule has 57 heavy (non-hydrogen) atoms. The van der Waals surface area contributed by atoms with Crippen LogP contribution in [0.3, 0.4) is 0 Å². The van der Waals surface area contributed by atoms with E-state index in [0.717, 1.165) is 64.2 Å². The van der Waals surface area contributed by atoms with Gasteiger partial charge < -0.3 is 25.2 Å². The Bertz CT molecular complexity index is 1220. The van der Waals surface area contributed by atoms with E-state index >= 15 is 0 Å². The maximum absolute atomic E-state index is 12.6. The quantitative estimate of drug-likeness (QED) is 0.0235. The summed E-state index contributed by atoms with van der Waals surface area (Å²) in [6, 6.07) is -1.49. The van der Waals surface area contributed by atoms with Crippen molar-refractivity contribution in [3.63, 3.8) is 0 Å². The molecular weight excluding hydrogens is 741 g/mol. The van der Waals surface area contributed by atoms with Crippen molar-refractivity contribution in [1.82, 2.24) is 0 Å². The van der Waals surface area contributed by atoms with Gasteiger partial charge in [0.1, 0.15) is 12.1 Å². The predicted octanol–water partition coefficient (Wildman–Crippen LogP) is 12.0. The molecule has 0 saturated heterocycles. The summed E-state index contributed by atoms with van der Waals surface area (Å²) < 4.78 is 33.2. The van der Waals surface area contributed by atoms with Crippen LogP contribution in [0.1, 0.15) is 155 Å². The zero-order chi connectivity index (χ0) is 41.9. The molecule has 0 heterocycles. The molecule has 0 rings (SSSR count). The highest BCUT2D eigenvalue weighted by molar-refractivity contribution is 7.47. The Morgan fingerprint density at radius 3 is 1.53 bits per heavy atom. The van der Waals surface area contributed by atoms with Gasteiger partial charge in [-0.25, -0.2) is 4.57 Å². The molecule has 0 aliphatic heterocycles. The monoisotopic (exact) mass is 820 g/mol. The molecule has 0 amide bonds. The molecule has 3 atom stereocenters. The summed E-state index contributed by atoms with van der Waals surface area (Å²) >= 11 is 0. The molecule has 4 N–H and O–H groups in total. The third-order valence-corrected chi connectivity index (χ3v) is 9.62. The molecule has 10 nitrogen and oxygen atoms in total. The fraction of sp³-hybridized carbons (Fsp3) is 0.652. The van der Waals surface area contributed by atoms with Gasteiger partial charge in [-0.2, -0.15) is 0 Å². The molecule has 326 valence electrons. The van der Waals surface area contributed by atoms with Crippen LogP contribution < -0.4 is 5.73 Å². The summed E-state index contributed by atoms with van der Waals surface area (Å²) in [7, 11) is -4.64. The standard InChI is InChI=1S/C46H78NO9P/c1-3-5-7-9-11-13-15-17-19-21-22-23-24-26-28-30-32-34-36-38-45(48)56-43(41-54-57(51,52)55-42-44(47)46(49)50)40-53-39-37-35-33-31-29-27-25-20-18-16-14-12-10-8-6-4-2/h5,7,11,13,17-20,22-23,26,28,32,34,43-44H,3-4,6,8-10,12,14-16,21,24-25,27,29-31,33,35-42,47H2,1-2H3,(H,49,50)(H,51,52)/b7-5-,13-11-,19-17-,20-18-,23-22-,28-26-,34-32-. The molecule has 0 bridgehead atoms. The first kappa shape index (κ1) is 54.2. The number of carbonyl (C=O) groups is 2. The van der Waals surface area contributed by atoms with E-state index in [0.29, 0.717) is 13.0 Å². The summed E-state index contributed by atoms with van der Waals surface area (Å²) in [6.45, 7) is 3.64. The number of rotatable bonds is 40. The van der Waals surface area contributed by atoms with Crippen LogP contribution in [0.2, 0.25) is 0 Å². The molecule has 3 unspecified atom stereocenters. The number of carboxylic acids is 1. The maximum Gasteiger partial charge on any atom is 0.472 e.